The van der Waals surface area contributed by atoms with Gasteiger partial charge in [-0.2, -0.15) is 0 Å². The summed E-state index contributed by atoms with van der Waals surface area (Å²) in [6.07, 6.45) is 0. The Morgan fingerprint density at radius 3 is 0.844 bits per heavy atom. The van der Waals surface area contributed by atoms with Crippen LogP contribution in [0.15, 0.2) is 19.2 Å². The van der Waals surface area contributed by atoms with E-state index < -0.39 is 32.3 Å². The maximum Gasteiger partial charge on any atom is 0.325 e. The number of rotatable bonds is 4. The Bertz CT molecular complexity index is 1100. The van der Waals surface area contributed by atoms with E-state index in [1.165, 1.54) is 0 Å². The summed E-state index contributed by atoms with van der Waals surface area (Å²) in [5, 5.41) is 3.54. The van der Waals surface area contributed by atoms with Crippen LogP contribution in [0.5, 0.6) is 0 Å². The van der Waals surface area contributed by atoms with Crippen LogP contribution in [0, 0.1) is 0 Å². The number of nitrogens with one attached hydrogen (secondary N) is 4. The monoisotopic (exact) mass is 512 g/mol. The summed E-state index contributed by atoms with van der Waals surface area (Å²) in [6.45, 7) is 25.6. The van der Waals surface area contributed by atoms with Crippen molar-refractivity contribution in [3.05, 3.63) is 41.7 Å². The maximum absolute atomic E-state index is 11.9. The van der Waals surface area contributed by atoms with Gasteiger partial charge in [0.15, 0.2) is 0 Å². The van der Waals surface area contributed by atoms with Gasteiger partial charge in [-0.1, -0.05) is 78.6 Å². The Morgan fingerprint density at radius 1 is 0.406 bits per heavy atom. The standard InChI is InChI=1S/2C10H20N2O2Si2/c2*1-15(2,3)7-8(13)11-10(14)12-9(7)16(4,5)6/h2*1-6H3,(H2,11,12,13,14). The lowest BCUT2D eigenvalue weighted by molar-refractivity contribution is 1.06. The summed E-state index contributed by atoms with van der Waals surface area (Å²) in [6, 6.07) is 0. The lowest BCUT2D eigenvalue weighted by Gasteiger charge is -2.25. The third-order valence-corrected chi connectivity index (χ3v) is 13.1. The molecule has 0 amide bonds. The molecule has 2 aromatic rings. The summed E-state index contributed by atoms with van der Waals surface area (Å²) in [4.78, 5) is 57.0. The zero-order valence-electron chi connectivity index (χ0n) is 21.6. The molecular weight excluding hydrogens is 473 g/mol. The predicted octanol–water partition coefficient (Wildman–Crippen LogP) is 0.307. The van der Waals surface area contributed by atoms with E-state index in [0.29, 0.717) is 0 Å². The fourth-order valence-electron chi connectivity index (χ4n) is 3.53. The van der Waals surface area contributed by atoms with E-state index >= 15 is 0 Å². The van der Waals surface area contributed by atoms with Crippen LogP contribution in [-0.4, -0.2) is 52.2 Å². The highest BCUT2D eigenvalue weighted by Crippen LogP contribution is 2.03. The fraction of sp³-hybridized carbons (Fsp3) is 0.600. The zero-order valence-corrected chi connectivity index (χ0v) is 25.6. The number of H-pyrrole nitrogens is 4. The van der Waals surface area contributed by atoms with Gasteiger partial charge in [0.2, 0.25) is 0 Å². The van der Waals surface area contributed by atoms with Crippen molar-refractivity contribution in [2.24, 2.45) is 0 Å². The van der Waals surface area contributed by atoms with Crippen molar-refractivity contribution in [1.82, 2.24) is 19.9 Å². The minimum absolute atomic E-state index is 0.194. The molecule has 0 unspecified atom stereocenters. The van der Waals surface area contributed by atoms with Gasteiger partial charge < -0.3 is 9.97 Å². The first-order valence-corrected chi connectivity index (χ1v) is 24.8. The highest BCUT2D eigenvalue weighted by atomic mass is 28.3. The molecule has 0 aliphatic heterocycles. The molecule has 12 heteroatoms. The van der Waals surface area contributed by atoms with Crippen molar-refractivity contribution < 1.29 is 0 Å². The van der Waals surface area contributed by atoms with E-state index in [1.54, 1.807) is 0 Å². The Labute approximate surface area is 193 Å². The number of hydrogen-bond donors (Lipinski definition) is 4. The van der Waals surface area contributed by atoms with Crippen LogP contribution in [0.4, 0.5) is 0 Å². The van der Waals surface area contributed by atoms with Crippen LogP contribution in [0.3, 0.4) is 0 Å². The third kappa shape index (κ3) is 7.12. The summed E-state index contributed by atoms with van der Waals surface area (Å²) in [5.74, 6) is 0. The van der Waals surface area contributed by atoms with Crippen LogP contribution in [-0.2, 0) is 0 Å². The Balaban J connectivity index is 0.000000320. The van der Waals surface area contributed by atoms with E-state index in [1.807, 2.05) is 0 Å². The molecule has 180 valence electrons. The second-order valence-corrected chi connectivity index (χ2v) is 32.3. The molecule has 0 aliphatic carbocycles. The van der Waals surface area contributed by atoms with Crippen molar-refractivity contribution in [3.8, 4) is 0 Å². The van der Waals surface area contributed by atoms with Gasteiger partial charge in [-0.3, -0.25) is 19.6 Å². The Kier molecular flexibility index (Phi) is 8.15. The van der Waals surface area contributed by atoms with Crippen LogP contribution < -0.4 is 43.5 Å². The van der Waals surface area contributed by atoms with Gasteiger partial charge in [-0.25, -0.2) is 9.59 Å². The van der Waals surface area contributed by atoms with E-state index in [4.69, 9.17) is 0 Å². The predicted molar refractivity (Wildman–Crippen MR) is 147 cm³/mol. The topological polar surface area (TPSA) is 131 Å². The maximum atomic E-state index is 11.9. The highest BCUT2D eigenvalue weighted by molar-refractivity contribution is 6.98. The number of aromatic nitrogens is 4. The lowest BCUT2D eigenvalue weighted by atomic mass is 10.6. The van der Waals surface area contributed by atoms with Gasteiger partial charge in [0.25, 0.3) is 11.1 Å². The second kappa shape index (κ2) is 9.23. The Morgan fingerprint density at radius 2 is 0.656 bits per heavy atom. The SMILES string of the molecule is C[Si](C)(C)c1[nH]c(=O)[nH]c(=O)c1[Si](C)(C)C.C[Si](C)(C)c1[nH]c(=O)[nH]c(=O)c1[Si](C)(C)C. The first kappa shape index (κ1) is 28.3. The largest absolute Gasteiger partial charge is 0.325 e. The average molecular weight is 513 g/mol. The van der Waals surface area contributed by atoms with Gasteiger partial charge in [0.05, 0.1) is 32.3 Å². The third-order valence-electron chi connectivity index (χ3n) is 4.89. The van der Waals surface area contributed by atoms with Crippen molar-refractivity contribution in [1.29, 1.82) is 0 Å². The molecule has 32 heavy (non-hydrogen) atoms. The molecular formula is C20H40N4O4Si4. The zero-order chi connectivity index (χ0) is 25.4. The molecule has 0 aliphatic rings. The smallest absolute Gasteiger partial charge is 0.315 e. The van der Waals surface area contributed by atoms with Crippen LogP contribution >= 0.6 is 0 Å². The van der Waals surface area contributed by atoms with Crippen LogP contribution in [0.1, 0.15) is 0 Å². The summed E-state index contributed by atoms with van der Waals surface area (Å²) < 4.78 is 0. The summed E-state index contributed by atoms with van der Waals surface area (Å²) in [7, 11) is -6.85. The molecule has 2 heterocycles. The van der Waals surface area contributed by atoms with Gasteiger partial charge in [0, 0.05) is 21.0 Å². The summed E-state index contributed by atoms with van der Waals surface area (Å²) in [5.41, 5.74) is -1.16. The molecule has 0 spiro atoms. The Hall–Kier alpha value is -1.77. The first-order chi connectivity index (χ1) is 14.1. The van der Waals surface area contributed by atoms with Gasteiger partial charge in [-0.15, -0.1) is 0 Å². The van der Waals surface area contributed by atoms with E-state index in [2.05, 4.69) is 98.5 Å². The van der Waals surface area contributed by atoms with Crippen molar-refractivity contribution >= 4 is 53.3 Å². The molecule has 0 saturated heterocycles. The molecule has 0 saturated carbocycles. The minimum Gasteiger partial charge on any atom is -0.315 e. The molecule has 2 rings (SSSR count). The van der Waals surface area contributed by atoms with Crippen LogP contribution in [0.2, 0.25) is 78.6 Å². The quantitative estimate of drug-likeness (QED) is 0.439. The van der Waals surface area contributed by atoms with Gasteiger partial charge in [0.1, 0.15) is 0 Å². The number of hydrogen-bond acceptors (Lipinski definition) is 4. The van der Waals surface area contributed by atoms with Gasteiger partial charge in [-0.05, 0) is 0 Å². The van der Waals surface area contributed by atoms with Crippen molar-refractivity contribution in [3.63, 3.8) is 0 Å². The van der Waals surface area contributed by atoms with E-state index in [-0.39, 0.29) is 22.5 Å². The lowest BCUT2D eigenvalue weighted by Crippen LogP contribution is -2.66. The molecule has 0 bridgehead atoms. The summed E-state index contributed by atoms with van der Waals surface area (Å²) >= 11 is 0. The molecule has 0 aromatic carbocycles. The second-order valence-electron chi connectivity index (χ2n) is 12.3. The molecule has 4 N–H and O–H groups in total. The van der Waals surface area contributed by atoms with Gasteiger partial charge >= 0.3 is 11.4 Å². The van der Waals surface area contributed by atoms with E-state index in [9.17, 15) is 19.2 Å². The average Bonchev–Trinajstić information content (AvgIpc) is 2.49. The molecule has 0 radical (unpaired) electrons. The van der Waals surface area contributed by atoms with E-state index in [0.717, 1.165) is 21.0 Å². The fourth-order valence-corrected chi connectivity index (χ4v) is 13.8. The minimum atomic E-state index is -1.73. The van der Waals surface area contributed by atoms with Crippen molar-refractivity contribution in [2.75, 3.05) is 0 Å². The normalized spacial score (nSPS) is 12.9. The first-order valence-electron chi connectivity index (χ1n) is 10.8. The van der Waals surface area contributed by atoms with Crippen LogP contribution in [0.25, 0.3) is 0 Å². The molecule has 2 aromatic heterocycles. The number of aromatic amines is 4. The highest BCUT2D eigenvalue weighted by Gasteiger charge is 2.32. The molecule has 8 nitrogen and oxygen atoms in total. The molecule has 0 fully saturated rings. The molecule has 0 atom stereocenters. The van der Waals surface area contributed by atoms with Crippen molar-refractivity contribution in [2.45, 2.75) is 78.6 Å².